The first-order valence-electron chi connectivity index (χ1n) is 6.67. The maximum absolute atomic E-state index is 12.0. The van der Waals surface area contributed by atoms with Crippen LogP contribution in [0.15, 0.2) is 29.2 Å². The molecule has 2 N–H and O–H groups in total. The fraction of sp³-hybridized carbons (Fsp3) is 0.333. The lowest BCUT2D eigenvalue weighted by molar-refractivity contribution is 0.587. The van der Waals surface area contributed by atoms with Crippen LogP contribution in [0.1, 0.15) is 20.9 Å². The number of aryl methyl sites for hydroxylation is 3. The summed E-state index contributed by atoms with van der Waals surface area (Å²) in [5.74, 6) is 0. The van der Waals surface area contributed by atoms with Crippen LogP contribution in [0.3, 0.4) is 0 Å². The van der Waals surface area contributed by atoms with E-state index in [-0.39, 0.29) is 0 Å². The van der Waals surface area contributed by atoms with Crippen molar-refractivity contribution in [3.05, 3.63) is 45.1 Å². The standard InChI is InChI=1S/C15H20N2O2S2/c1-10-5-6-14(8-15(10)21(18,19)16-4)17-9-13-7-11(2)20-12(13)3/h5-8,16-17H,9H2,1-4H3. The maximum Gasteiger partial charge on any atom is 0.240 e. The molecule has 1 heterocycles. The van der Waals surface area contributed by atoms with Gasteiger partial charge in [0.2, 0.25) is 10.0 Å². The topological polar surface area (TPSA) is 58.2 Å². The third-order valence-corrected chi connectivity index (χ3v) is 5.94. The normalized spacial score (nSPS) is 11.6. The highest BCUT2D eigenvalue weighted by Gasteiger charge is 2.15. The van der Waals surface area contributed by atoms with Crippen molar-refractivity contribution in [2.75, 3.05) is 12.4 Å². The Labute approximate surface area is 130 Å². The second-order valence-electron chi connectivity index (χ2n) is 4.98. The summed E-state index contributed by atoms with van der Waals surface area (Å²) in [5, 5.41) is 3.29. The number of rotatable bonds is 5. The van der Waals surface area contributed by atoms with Crippen molar-refractivity contribution in [3.8, 4) is 0 Å². The lowest BCUT2D eigenvalue weighted by Crippen LogP contribution is -2.19. The van der Waals surface area contributed by atoms with Gasteiger partial charge in [0.05, 0.1) is 4.90 Å². The molecule has 0 aliphatic heterocycles. The lowest BCUT2D eigenvalue weighted by atomic mass is 10.2. The van der Waals surface area contributed by atoms with E-state index in [1.54, 1.807) is 24.3 Å². The largest absolute Gasteiger partial charge is 0.381 e. The van der Waals surface area contributed by atoms with Gasteiger partial charge in [-0.15, -0.1) is 11.3 Å². The Morgan fingerprint density at radius 1 is 1.14 bits per heavy atom. The van der Waals surface area contributed by atoms with E-state index in [0.29, 0.717) is 11.4 Å². The molecule has 2 aromatic rings. The molecule has 0 aliphatic rings. The highest BCUT2D eigenvalue weighted by Crippen LogP contribution is 2.23. The summed E-state index contributed by atoms with van der Waals surface area (Å²) in [6, 6.07) is 7.55. The molecule has 2 rings (SSSR count). The number of thiophene rings is 1. The molecule has 1 aromatic carbocycles. The number of sulfonamides is 1. The number of hydrogen-bond donors (Lipinski definition) is 2. The molecule has 0 fully saturated rings. The minimum atomic E-state index is -3.43. The first-order valence-corrected chi connectivity index (χ1v) is 8.97. The SMILES string of the molecule is CNS(=O)(=O)c1cc(NCc2cc(C)sc2C)ccc1C. The van der Waals surface area contributed by atoms with Crippen molar-refractivity contribution in [2.24, 2.45) is 0 Å². The Balaban J connectivity index is 2.22. The van der Waals surface area contributed by atoms with Gasteiger partial charge in [0.15, 0.2) is 0 Å². The minimum Gasteiger partial charge on any atom is -0.381 e. The summed E-state index contributed by atoms with van der Waals surface area (Å²) in [4.78, 5) is 2.88. The summed E-state index contributed by atoms with van der Waals surface area (Å²) in [6.07, 6.45) is 0. The molecular weight excluding hydrogens is 304 g/mol. The molecule has 114 valence electrons. The van der Waals surface area contributed by atoms with Crippen LogP contribution in [0.5, 0.6) is 0 Å². The van der Waals surface area contributed by atoms with Crippen LogP contribution in [-0.4, -0.2) is 15.5 Å². The molecule has 0 unspecified atom stereocenters. The zero-order valence-electron chi connectivity index (χ0n) is 12.6. The van der Waals surface area contributed by atoms with Crippen LogP contribution in [0.4, 0.5) is 5.69 Å². The van der Waals surface area contributed by atoms with Crippen molar-refractivity contribution in [1.29, 1.82) is 0 Å². The second kappa shape index (κ2) is 6.17. The van der Waals surface area contributed by atoms with E-state index in [9.17, 15) is 8.42 Å². The molecule has 0 spiro atoms. The van der Waals surface area contributed by atoms with Crippen LogP contribution in [0, 0.1) is 20.8 Å². The fourth-order valence-electron chi connectivity index (χ4n) is 2.17. The zero-order chi connectivity index (χ0) is 15.6. The number of hydrogen-bond acceptors (Lipinski definition) is 4. The molecule has 21 heavy (non-hydrogen) atoms. The molecule has 4 nitrogen and oxygen atoms in total. The van der Waals surface area contributed by atoms with E-state index >= 15 is 0 Å². The predicted octanol–water partition coefficient (Wildman–Crippen LogP) is 3.19. The van der Waals surface area contributed by atoms with Gasteiger partial charge in [-0.25, -0.2) is 13.1 Å². The quantitative estimate of drug-likeness (QED) is 0.888. The van der Waals surface area contributed by atoms with Crippen LogP contribution >= 0.6 is 11.3 Å². The van der Waals surface area contributed by atoms with Crippen molar-refractivity contribution >= 4 is 27.0 Å². The molecule has 0 saturated carbocycles. The van der Waals surface area contributed by atoms with Gasteiger partial charge in [-0.05, 0) is 57.1 Å². The fourth-order valence-corrected chi connectivity index (χ4v) is 4.11. The Kier molecular flexibility index (Phi) is 4.70. The average Bonchev–Trinajstić information content (AvgIpc) is 2.76. The van der Waals surface area contributed by atoms with Gasteiger partial charge in [-0.3, -0.25) is 0 Å². The molecule has 0 radical (unpaired) electrons. The zero-order valence-corrected chi connectivity index (χ0v) is 14.3. The number of nitrogens with one attached hydrogen (secondary N) is 2. The van der Waals surface area contributed by atoms with E-state index in [2.05, 4.69) is 30.0 Å². The van der Waals surface area contributed by atoms with E-state index in [1.165, 1.54) is 22.4 Å². The molecule has 1 aromatic heterocycles. The van der Waals surface area contributed by atoms with Gasteiger partial charge >= 0.3 is 0 Å². The summed E-state index contributed by atoms with van der Waals surface area (Å²) in [5.41, 5.74) is 2.78. The van der Waals surface area contributed by atoms with Gasteiger partial charge in [0, 0.05) is 22.0 Å². The van der Waals surface area contributed by atoms with Crippen molar-refractivity contribution in [1.82, 2.24) is 4.72 Å². The summed E-state index contributed by atoms with van der Waals surface area (Å²) < 4.78 is 26.3. The highest BCUT2D eigenvalue weighted by atomic mass is 32.2. The summed E-state index contributed by atoms with van der Waals surface area (Å²) in [7, 11) is -2.00. The van der Waals surface area contributed by atoms with Crippen molar-refractivity contribution in [3.63, 3.8) is 0 Å². The first-order chi connectivity index (χ1) is 9.83. The van der Waals surface area contributed by atoms with Crippen molar-refractivity contribution < 1.29 is 8.42 Å². The smallest absolute Gasteiger partial charge is 0.240 e. The lowest BCUT2D eigenvalue weighted by Gasteiger charge is -2.11. The maximum atomic E-state index is 12.0. The molecular formula is C15H20N2O2S2. The molecule has 6 heteroatoms. The van der Waals surface area contributed by atoms with E-state index in [4.69, 9.17) is 0 Å². The van der Waals surface area contributed by atoms with Gasteiger partial charge in [0.25, 0.3) is 0 Å². The van der Waals surface area contributed by atoms with Crippen LogP contribution in [0.25, 0.3) is 0 Å². The molecule has 0 aliphatic carbocycles. The number of benzene rings is 1. The highest BCUT2D eigenvalue weighted by molar-refractivity contribution is 7.89. The van der Waals surface area contributed by atoms with Crippen LogP contribution in [0.2, 0.25) is 0 Å². The Hall–Kier alpha value is -1.37. The van der Waals surface area contributed by atoms with Gasteiger partial charge < -0.3 is 5.32 Å². The minimum absolute atomic E-state index is 0.313. The summed E-state index contributed by atoms with van der Waals surface area (Å²) >= 11 is 1.77. The molecule has 0 amide bonds. The average molecular weight is 324 g/mol. The number of anilines is 1. The monoisotopic (exact) mass is 324 g/mol. The third-order valence-electron chi connectivity index (χ3n) is 3.37. The van der Waals surface area contributed by atoms with E-state index in [1.807, 2.05) is 12.1 Å². The van der Waals surface area contributed by atoms with Gasteiger partial charge in [-0.2, -0.15) is 0 Å². The Morgan fingerprint density at radius 2 is 1.86 bits per heavy atom. The molecule has 0 bridgehead atoms. The Morgan fingerprint density at radius 3 is 2.43 bits per heavy atom. The predicted molar refractivity (Wildman–Crippen MR) is 88.5 cm³/mol. The first kappa shape index (κ1) is 16.0. The van der Waals surface area contributed by atoms with Crippen molar-refractivity contribution in [2.45, 2.75) is 32.2 Å². The molecule has 0 saturated heterocycles. The van der Waals surface area contributed by atoms with E-state index < -0.39 is 10.0 Å². The Bertz CT molecular complexity index is 749. The van der Waals surface area contributed by atoms with Gasteiger partial charge in [-0.1, -0.05) is 6.07 Å². The van der Waals surface area contributed by atoms with Gasteiger partial charge in [0.1, 0.15) is 0 Å². The van der Waals surface area contributed by atoms with Crippen LogP contribution < -0.4 is 10.0 Å². The third kappa shape index (κ3) is 3.64. The molecule has 0 atom stereocenters. The van der Waals surface area contributed by atoms with Crippen LogP contribution in [-0.2, 0) is 16.6 Å². The second-order valence-corrected chi connectivity index (χ2v) is 8.30. The summed E-state index contributed by atoms with van der Waals surface area (Å²) in [6.45, 7) is 6.67. The van der Waals surface area contributed by atoms with E-state index in [0.717, 1.165) is 11.3 Å².